The normalized spacial score (nSPS) is 13.4. The van der Waals surface area contributed by atoms with Gasteiger partial charge in [-0.15, -0.1) is 0 Å². The van der Waals surface area contributed by atoms with Crippen LogP contribution in [0.4, 0.5) is 5.69 Å². The van der Waals surface area contributed by atoms with E-state index < -0.39 is 11.9 Å². The second-order valence-corrected chi connectivity index (χ2v) is 5.75. The first-order valence-corrected chi connectivity index (χ1v) is 7.73. The van der Waals surface area contributed by atoms with Crippen molar-refractivity contribution in [1.29, 1.82) is 0 Å². The summed E-state index contributed by atoms with van der Waals surface area (Å²) in [6.45, 7) is 0.253. The lowest BCUT2D eigenvalue weighted by molar-refractivity contribution is 0.0696. The highest BCUT2D eigenvalue weighted by Gasteiger charge is 2.24. The van der Waals surface area contributed by atoms with E-state index in [-0.39, 0.29) is 17.9 Å². The van der Waals surface area contributed by atoms with Crippen LogP contribution < -0.4 is 5.32 Å². The Labute approximate surface area is 138 Å². The van der Waals surface area contributed by atoms with Crippen LogP contribution in [-0.2, 0) is 24.2 Å². The zero-order valence-electron chi connectivity index (χ0n) is 13.3. The first kappa shape index (κ1) is 16.2. The van der Waals surface area contributed by atoms with E-state index in [0.29, 0.717) is 11.3 Å². The number of rotatable bonds is 5. The van der Waals surface area contributed by atoms with Crippen molar-refractivity contribution in [2.45, 2.75) is 32.3 Å². The molecule has 1 aromatic heterocycles. The predicted molar refractivity (Wildman–Crippen MR) is 85.2 cm³/mol. The summed E-state index contributed by atoms with van der Waals surface area (Å²) in [5, 5.41) is 15.8. The molecular formula is C17H18N2O5. The van der Waals surface area contributed by atoms with Crippen LogP contribution in [-0.4, -0.2) is 29.2 Å². The number of hydrogen-bond donors (Lipinski definition) is 2. The molecule has 1 aliphatic carbocycles. The van der Waals surface area contributed by atoms with Crippen LogP contribution >= 0.6 is 0 Å². The third-order valence-corrected chi connectivity index (χ3v) is 3.97. The van der Waals surface area contributed by atoms with E-state index in [1.54, 1.807) is 6.07 Å². The van der Waals surface area contributed by atoms with Gasteiger partial charge in [-0.05, 0) is 43.0 Å². The van der Waals surface area contributed by atoms with Gasteiger partial charge in [-0.2, -0.15) is 0 Å². The monoisotopic (exact) mass is 330 g/mol. The van der Waals surface area contributed by atoms with E-state index in [9.17, 15) is 14.7 Å². The Hall–Kier alpha value is -2.67. The molecule has 2 aromatic rings. The van der Waals surface area contributed by atoms with E-state index in [2.05, 4.69) is 10.5 Å². The largest absolute Gasteiger partial charge is 0.478 e. The van der Waals surface area contributed by atoms with Gasteiger partial charge in [-0.25, -0.2) is 4.79 Å². The summed E-state index contributed by atoms with van der Waals surface area (Å²) in [7, 11) is 1.52. The van der Waals surface area contributed by atoms with Crippen LogP contribution in [0.1, 0.15) is 50.6 Å². The number of carboxylic acids is 1. The third kappa shape index (κ3) is 3.30. The Balaban J connectivity index is 1.86. The highest BCUT2D eigenvalue weighted by molar-refractivity contribution is 6.04. The van der Waals surface area contributed by atoms with Gasteiger partial charge in [-0.1, -0.05) is 5.16 Å². The highest BCUT2D eigenvalue weighted by Crippen LogP contribution is 2.25. The maximum Gasteiger partial charge on any atom is 0.335 e. The number of hydrogen-bond acceptors (Lipinski definition) is 5. The molecule has 7 nitrogen and oxygen atoms in total. The molecule has 0 bridgehead atoms. The maximum absolute atomic E-state index is 12.5. The molecule has 7 heteroatoms. The summed E-state index contributed by atoms with van der Waals surface area (Å²) in [4.78, 5) is 23.7. The predicted octanol–water partition coefficient (Wildman–Crippen LogP) is 2.65. The molecule has 1 aliphatic rings. The summed E-state index contributed by atoms with van der Waals surface area (Å²) < 4.78 is 10.3. The summed E-state index contributed by atoms with van der Waals surface area (Å²) in [5.41, 5.74) is 2.26. The summed E-state index contributed by atoms with van der Waals surface area (Å²) in [6.07, 6.45) is 3.60. The minimum absolute atomic E-state index is 0.0852. The second kappa shape index (κ2) is 6.84. The van der Waals surface area contributed by atoms with Crippen molar-refractivity contribution in [2.75, 3.05) is 12.4 Å². The van der Waals surface area contributed by atoms with Crippen molar-refractivity contribution in [3.63, 3.8) is 0 Å². The van der Waals surface area contributed by atoms with E-state index >= 15 is 0 Å². The molecule has 0 saturated carbocycles. The number of nitrogens with zero attached hydrogens (tertiary/aromatic N) is 1. The number of methoxy groups -OCH3 is 1. The number of nitrogens with one attached hydrogen (secondary N) is 1. The molecule has 0 fully saturated rings. The molecule has 1 amide bonds. The molecule has 1 aromatic carbocycles. The standard InChI is InChI=1S/C17H18N2O5/c1-23-9-10-6-11(17(21)22)8-12(7-10)18-16(20)15-13-4-2-3-5-14(13)24-19-15/h6-8H,2-5,9H2,1H3,(H,18,20)(H,21,22). The Morgan fingerprint density at radius 3 is 2.83 bits per heavy atom. The zero-order chi connectivity index (χ0) is 17.1. The highest BCUT2D eigenvalue weighted by atomic mass is 16.5. The van der Waals surface area contributed by atoms with Gasteiger partial charge in [0.05, 0.1) is 12.2 Å². The molecule has 0 unspecified atom stereocenters. The van der Waals surface area contributed by atoms with E-state index in [0.717, 1.165) is 37.0 Å². The first-order chi connectivity index (χ1) is 11.6. The molecule has 24 heavy (non-hydrogen) atoms. The molecule has 0 atom stereocenters. The number of aromatic carboxylic acids is 1. The van der Waals surface area contributed by atoms with Crippen LogP contribution in [0, 0.1) is 0 Å². The van der Waals surface area contributed by atoms with Gasteiger partial charge in [0.25, 0.3) is 5.91 Å². The number of anilines is 1. The van der Waals surface area contributed by atoms with Crippen LogP contribution in [0.3, 0.4) is 0 Å². The van der Waals surface area contributed by atoms with Gasteiger partial charge in [-0.3, -0.25) is 4.79 Å². The van der Waals surface area contributed by atoms with E-state index in [1.807, 2.05) is 0 Å². The first-order valence-electron chi connectivity index (χ1n) is 7.73. The Morgan fingerprint density at radius 2 is 2.08 bits per heavy atom. The van der Waals surface area contributed by atoms with Crippen molar-refractivity contribution >= 4 is 17.6 Å². The van der Waals surface area contributed by atoms with Crippen LogP contribution in [0.5, 0.6) is 0 Å². The Kier molecular flexibility index (Phi) is 4.61. The topological polar surface area (TPSA) is 102 Å². The molecule has 0 aliphatic heterocycles. The number of ether oxygens (including phenoxy) is 1. The van der Waals surface area contributed by atoms with Crippen molar-refractivity contribution < 1.29 is 24.0 Å². The van der Waals surface area contributed by atoms with Crippen molar-refractivity contribution in [3.05, 3.63) is 46.3 Å². The smallest absolute Gasteiger partial charge is 0.335 e. The summed E-state index contributed by atoms with van der Waals surface area (Å²) >= 11 is 0. The van der Waals surface area contributed by atoms with Gasteiger partial charge in [0.15, 0.2) is 5.69 Å². The summed E-state index contributed by atoms with van der Waals surface area (Å²) in [6, 6.07) is 4.60. The second-order valence-electron chi connectivity index (χ2n) is 5.75. The fourth-order valence-electron chi connectivity index (χ4n) is 2.89. The Morgan fingerprint density at radius 1 is 1.29 bits per heavy atom. The van der Waals surface area contributed by atoms with E-state index in [1.165, 1.54) is 19.2 Å². The number of carboxylic acid groups (broad SMARTS) is 1. The molecule has 126 valence electrons. The van der Waals surface area contributed by atoms with Crippen LogP contribution in [0.2, 0.25) is 0 Å². The quantitative estimate of drug-likeness (QED) is 0.874. The molecule has 0 radical (unpaired) electrons. The Bertz CT molecular complexity index is 781. The number of carbonyl (C=O) groups excluding carboxylic acids is 1. The van der Waals surface area contributed by atoms with Gasteiger partial charge in [0.2, 0.25) is 0 Å². The SMILES string of the molecule is COCc1cc(NC(=O)c2noc3c2CCCC3)cc(C(=O)O)c1. The molecular weight excluding hydrogens is 312 g/mol. The van der Waals surface area contributed by atoms with Crippen molar-refractivity contribution in [1.82, 2.24) is 5.16 Å². The number of aryl methyl sites for hydroxylation is 1. The number of aromatic nitrogens is 1. The zero-order valence-corrected chi connectivity index (χ0v) is 13.3. The average Bonchev–Trinajstić information content (AvgIpc) is 2.99. The number of benzene rings is 1. The molecule has 3 rings (SSSR count). The minimum Gasteiger partial charge on any atom is -0.478 e. The van der Waals surface area contributed by atoms with Crippen molar-refractivity contribution in [3.8, 4) is 0 Å². The average molecular weight is 330 g/mol. The van der Waals surface area contributed by atoms with Crippen LogP contribution in [0.25, 0.3) is 0 Å². The lowest BCUT2D eigenvalue weighted by Gasteiger charge is -2.10. The van der Waals surface area contributed by atoms with Crippen molar-refractivity contribution in [2.24, 2.45) is 0 Å². The van der Waals surface area contributed by atoms with Gasteiger partial charge < -0.3 is 19.7 Å². The molecule has 0 saturated heterocycles. The fraction of sp³-hybridized carbons (Fsp3) is 0.353. The molecule has 1 heterocycles. The fourth-order valence-corrected chi connectivity index (χ4v) is 2.89. The van der Waals surface area contributed by atoms with Gasteiger partial charge in [0, 0.05) is 24.8 Å². The lowest BCUT2D eigenvalue weighted by Crippen LogP contribution is -2.16. The maximum atomic E-state index is 12.5. The minimum atomic E-state index is -1.07. The van der Waals surface area contributed by atoms with E-state index in [4.69, 9.17) is 9.26 Å². The van der Waals surface area contributed by atoms with Crippen LogP contribution in [0.15, 0.2) is 22.7 Å². The third-order valence-electron chi connectivity index (χ3n) is 3.97. The van der Waals surface area contributed by atoms with Gasteiger partial charge >= 0.3 is 5.97 Å². The number of fused-ring (bicyclic) bond motifs is 1. The van der Waals surface area contributed by atoms with Gasteiger partial charge in [0.1, 0.15) is 5.76 Å². The molecule has 2 N–H and O–H groups in total. The molecule has 0 spiro atoms. The summed E-state index contributed by atoms with van der Waals surface area (Å²) in [5.74, 6) is -0.694. The lowest BCUT2D eigenvalue weighted by atomic mass is 9.96. The number of carbonyl (C=O) groups is 2. The number of amides is 1.